The molecule has 2 heterocycles. The molecule has 0 atom stereocenters. The number of esters is 1. The maximum atomic E-state index is 12.0. The first-order chi connectivity index (χ1) is 12.5. The normalized spacial score (nSPS) is 14.0. The van der Waals surface area contributed by atoms with Gasteiger partial charge in [0, 0.05) is 45.3 Å². The average Bonchev–Trinajstić information content (AvgIpc) is 2.65. The molecular formula is C17H24N4O5. The molecule has 2 rings (SSSR count). The number of anilines is 1. The molecular weight excluding hydrogens is 340 g/mol. The summed E-state index contributed by atoms with van der Waals surface area (Å²) < 4.78 is 4.93. The Morgan fingerprint density at radius 1 is 1.23 bits per heavy atom. The van der Waals surface area contributed by atoms with Crippen LogP contribution in [0.3, 0.4) is 0 Å². The van der Waals surface area contributed by atoms with Crippen molar-refractivity contribution >= 4 is 23.8 Å². The number of hydrogen-bond donors (Lipinski definition) is 2. The van der Waals surface area contributed by atoms with Crippen LogP contribution in [0.5, 0.6) is 0 Å². The van der Waals surface area contributed by atoms with Crippen LogP contribution in [0, 0.1) is 0 Å². The van der Waals surface area contributed by atoms with Crippen LogP contribution in [0.25, 0.3) is 0 Å². The van der Waals surface area contributed by atoms with Gasteiger partial charge in [0.1, 0.15) is 5.82 Å². The molecule has 2 amide bonds. The van der Waals surface area contributed by atoms with E-state index in [1.54, 1.807) is 24.0 Å². The van der Waals surface area contributed by atoms with Crippen molar-refractivity contribution in [2.45, 2.75) is 19.8 Å². The van der Waals surface area contributed by atoms with Crippen LogP contribution >= 0.6 is 0 Å². The standard InChI is InChI=1S/C17H24N4O5/c1-2-26-16(24)13-5-6-14(19-12-13)20-8-10-21(11-9-20)17(25)18-7-3-4-15(22)23/h5-6,12H,2-4,7-11H2,1H3,(H,18,25)(H,22,23). The van der Waals surface area contributed by atoms with Gasteiger partial charge in [-0.15, -0.1) is 0 Å². The van der Waals surface area contributed by atoms with Crippen LogP contribution in [0.15, 0.2) is 18.3 Å². The highest BCUT2D eigenvalue weighted by molar-refractivity contribution is 5.89. The van der Waals surface area contributed by atoms with E-state index < -0.39 is 11.9 Å². The Kier molecular flexibility index (Phi) is 7.19. The van der Waals surface area contributed by atoms with Crippen molar-refractivity contribution in [3.05, 3.63) is 23.9 Å². The minimum atomic E-state index is -0.866. The van der Waals surface area contributed by atoms with Gasteiger partial charge in [0.25, 0.3) is 0 Å². The lowest BCUT2D eigenvalue weighted by Crippen LogP contribution is -2.52. The molecule has 0 aliphatic carbocycles. The number of nitrogens with zero attached hydrogens (tertiary/aromatic N) is 3. The van der Waals surface area contributed by atoms with E-state index in [1.807, 2.05) is 4.90 Å². The first-order valence-electron chi connectivity index (χ1n) is 8.64. The van der Waals surface area contributed by atoms with Gasteiger partial charge < -0.3 is 25.0 Å². The number of amides is 2. The molecule has 2 N–H and O–H groups in total. The average molecular weight is 364 g/mol. The highest BCUT2D eigenvalue weighted by Crippen LogP contribution is 2.14. The second-order valence-electron chi connectivity index (χ2n) is 5.83. The summed E-state index contributed by atoms with van der Waals surface area (Å²) in [6.07, 6.45) is 1.95. The summed E-state index contributed by atoms with van der Waals surface area (Å²) in [4.78, 5) is 42.2. The Bertz CT molecular complexity index is 627. The predicted octanol–water partition coefficient (Wildman–Crippen LogP) is 0.955. The highest BCUT2D eigenvalue weighted by Gasteiger charge is 2.22. The summed E-state index contributed by atoms with van der Waals surface area (Å²) in [5.41, 5.74) is 0.412. The number of carbonyl (C=O) groups is 3. The number of carboxylic acids is 1. The van der Waals surface area contributed by atoms with Crippen LogP contribution in [0.2, 0.25) is 0 Å². The van der Waals surface area contributed by atoms with Crippen molar-refractivity contribution in [1.82, 2.24) is 15.2 Å². The van der Waals surface area contributed by atoms with Crippen molar-refractivity contribution < 1.29 is 24.2 Å². The van der Waals surface area contributed by atoms with E-state index in [2.05, 4.69) is 10.3 Å². The second kappa shape index (κ2) is 9.59. The van der Waals surface area contributed by atoms with Gasteiger partial charge in [-0.25, -0.2) is 14.6 Å². The maximum Gasteiger partial charge on any atom is 0.339 e. The Balaban J connectivity index is 1.78. The topological polar surface area (TPSA) is 112 Å². The zero-order valence-electron chi connectivity index (χ0n) is 14.8. The first-order valence-corrected chi connectivity index (χ1v) is 8.64. The lowest BCUT2D eigenvalue weighted by molar-refractivity contribution is -0.137. The number of aromatic nitrogens is 1. The monoisotopic (exact) mass is 364 g/mol. The zero-order valence-corrected chi connectivity index (χ0v) is 14.8. The molecule has 0 radical (unpaired) electrons. The molecule has 1 aliphatic rings. The molecule has 0 saturated carbocycles. The van der Waals surface area contributed by atoms with Gasteiger partial charge in [0.05, 0.1) is 12.2 Å². The summed E-state index contributed by atoms with van der Waals surface area (Å²) in [6.45, 7) is 4.78. The molecule has 0 unspecified atom stereocenters. The van der Waals surface area contributed by atoms with Gasteiger partial charge >= 0.3 is 18.0 Å². The fourth-order valence-corrected chi connectivity index (χ4v) is 2.59. The number of pyridine rings is 1. The van der Waals surface area contributed by atoms with E-state index in [9.17, 15) is 14.4 Å². The van der Waals surface area contributed by atoms with Gasteiger partial charge in [0.2, 0.25) is 0 Å². The summed E-state index contributed by atoms with van der Waals surface area (Å²) in [6, 6.07) is 3.27. The predicted molar refractivity (Wildman–Crippen MR) is 94.2 cm³/mol. The number of urea groups is 1. The van der Waals surface area contributed by atoms with Crippen molar-refractivity contribution in [1.29, 1.82) is 0 Å². The number of nitrogens with one attached hydrogen (secondary N) is 1. The third-order valence-corrected chi connectivity index (χ3v) is 3.99. The minimum Gasteiger partial charge on any atom is -0.481 e. The van der Waals surface area contributed by atoms with E-state index >= 15 is 0 Å². The van der Waals surface area contributed by atoms with Crippen LogP contribution in [-0.2, 0) is 9.53 Å². The second-order valence-corrected chi connectivity index (χ2v) is 5.83. The SMILES string of the molecule is CCOC(=O)c1ccc(N2CCN(C(=O)NCCCC(=O)O)CC2)nc1. The van der Waals surface area contributed by atoms with Gasteiger partial charge in [-0.05, 0) is 25.5 Å². The summed E-state index contributed by atoms with van der Waals surface area (Å²) in [7, 11) is 0. The number of rotatable bonds is 7. The summed E-state index contributed by atoms with van der Waals surface area (Å²) in [5.74, 6) is -0.509. The van der Waals surface area contributed by atoms with Crippen molar-refractivity contribution in [3.8, 4) is 0 Å². The smallest absolute Gasteiger partial charge is 0.339 e. The minimum absolute atomic E-state index is 0.0432. The highest BCUT2D eigenvalue weighted by atomic mass is 16.5. The Morgan fingerprint density at radius 2 is 1.96 bits per heavy atom. The van der Waals surface area contributed by atoms with E-state index in [0.29, 0.717) is 51.3 Å². The summed E-state index contributed by atoms with van der Waals surface area (Å²) in [5, 5.41) is 11.3. The third kappa shape index (κ3) is 5.61. The van der Waals surface area contributed by atoms with E-state index in [4.69, 9.17) is 9.84 Å². The molecule has 0 aromatic carbocycles. The quantitative estimate of drug-likeness (QED) is 0.547. The van der Waals surface area contributed by atoms with Crippen LogP contribution in [-0.4, -0.2) is 72.3 Å². The zero-order chi connectivity index (χ0) is 18.9. The number of carboxylic acid groups (broad SMARTS) is 1. The van der Waals surface area contributed by atoms with Gasteiger partial charge in [0.15, 0.2) is 0 Å². The van der Waals surface area contributed by atoms with Crippen molar-refractivity contribution in [2.75, 3.05) is 44.2 Å². The lowest BCUT2D eigenvalue weighted by Gasteiger charge is -2.35. The van der Waals surface area contributed by atoms with Crippen molar-refractivity contribution in [2.24, 2.45) is 0 Å². The molecule has 0 bridgehead atoms. The molecule has 1 aromatic heterocycles. The van der Waals surface area contributed by atoms with E-state index in [0.717, 1.165) is 5.82 Å². The first kappa shape index (κ1) is 19.5. The number of piperazine rings is 1. The Labute approximate surface area is 151 Å². The Hall–Kier alpha value is -2.84. The fourth-order valence-electron chi connectivity index (χ4n) is 2.59. The fraction of sp³-hybridized carbons (Fsp3) is 0.529. The lowest BCUT2D eigenvalue weighted by atomic mass is 10.2. The molecule has 1 fully saturated rings. The maximum absolute atomic E-state index is 12.0. The number of hydrogen-bond acceptors (Lipinski definition) is 6. The van der Waals surface area contributed by atoms with Gasteiger partial charge in [-0.3, -0.25) is 4.79 Å². The molecule has 9 heteroatoms. The molecule has 9 nitrogen and oxygen atoms in total. The molecule has 1 aromatic rings. The number of aliphatic carboxylic acids is 1. The molecule has 1 aliphatic heterocycles. The number of carbonyl (C=O) groups excluding carboxylic acids is 2. The van der Waals surface area contributed by atoms with Gasteiger partial charge in [-0.2, -0.15) is 0 Å². The van der Waals surface area contributed by atoms with Crippen LogP contribution in [0.1, 0.15) is 30.1 Å². The molecule has 1 saturated heterocycles. The van der Waals surface area contributed by atoms with E-state index in [-0.39, 0.29) is 12.5 Å². The Morgan fingerprint density at radius 3 is 2.54 bits per heavy atom. The van der Waals surface area contributed by atoms with Crippen LogP contribution in [0.4, 0.5) is 10.6 Å². The van der Waals surface area contributed by atoms with Crippen LogP contribution < -0.4 is 10.2 Å². The molecule has 142 valence electrons. The van der Waals surface area contributed by atoms with Gasteiger partial charge in [-0.1, -0.05) is 0 Å². The third-order valence-electron chi connectivity index (χ3n) is 3.99. The largest absolute Gasteiger partial charge is 0.481 e. The number of ether oxygens (including phenoxy) is 1. The van der Waals surface area contributed by atoms with E-state index in [1.165, 1.54) is 6.20 Å². The molecule has 0 spiro atoms. The summed E-state index contributed by atoms with van der Waals surface area (Å²) >= 11 is 0. The molecule has 26 heavy (non-hydrogen) atoms. The van der Waals surface area contributed by atoms with Crippen molar-refractivity contribution in [3.63, 3.8) is 0 Å².